The maximum atomic E-state index is 13.2. The van der Waals surface area contributed by atoms with E-state index in [0.717, 1.165) is 0 Å². The molecule has 0 radical (unpaired) electrons. The molecule has 0 atom stereocenters. The average molecular weight is 359 g/mol. The van der Waals surface area contributed by atoms with E-state index >= 15 is 0 Å². The number of hydrogen-bond donors (Lipinski definition) is 1. The molecule has 0 amide bonds. The monoisotopic (exact) mass is 359 g/mol. The number of nitrogen functional groups attached to an aromatic ring is 1. The normalized spacial score (nSPS) is 10.2. The van der Waals surface area contributed by atoms with E-state index in [1.54, 1.807) is 25.1 Å². The predicted octanol–water partition coefficient (Wildman–Crippen LogP) is 2.66. The number of anilines is 1. The molecule has 0 bridgehead atoms. The van der Waals surface area contributed by atoms with E-state index in [1.165, 1.54) is 28.4 Å². The second kappa shape index (κ2) is 7.77. The summed E-state index contributed by atoms with van der Waals surface area (Å²) in [5.41, 5.74) is 7.26. The fourth-order valence-corrected chi connectivity index (χ4v) is 2.81. The zero-order chi connectivity index (χ0) is 19.4. The van der Waals surface area contributed by atoms with Crippen LogP contribution in [0.4, 0.5) is 5.69 Å². The molecule has 0 heterocycles. The lowest BCUT2D eigenvalue weighted by molar-refractivity contribution is 0.103. The zero-order valence-corrected chi connectivity index (χ0v) is 15.3. The van der Waals surface area contributed by atoms with Gasteiger partial charge in [0.25, 0.3) is 0 Å². The van der Waals surface area contributed by atoms with Crippen molar-refractivity contribution in [1.29, 1.82) is 0 Å². The fourth-order valence-electron chi connectivity index (χ4n) is 2.81. The zero-order valence-electron chi connectivity index (χ0n) is 15.3. The van der Waals surface area contributed by atoms with Crippen LogP contribution < -0.4 is 24.7 Å². The molecule has 138 valence electrons. The molecule has 0 aliphatic carbocycles. The van der Waals surface area contributed by atoms with Gasteiger partial charge in [0, 0.05) is 11.1 Å². The van der Waals surface area contributed by atoms with Crippen molar-refractivity contribution in [3.05, 3.63) is 40.5 Å². The van der Waals surface area contributed by atoms with Crippen molar-refractivity contribution in [2.24, 2.45) is 0 Å². The number of nitrogens with two attached hydrogens (primary N) is 1. The molecular formula is C19H21NO6. The van der Waals surface area contributed by atoms with Crippen LogP contribution in [-0.4, -0.2) is 40.5 Å². The van der Waals surface area contributed by atoms with Gasteiger partial charge in [-0.2, -0.15) is 0 Å². The maximum absolute atomic E-state index is 13.2. The highest BCUT2D eigenvalue weighted by atomic mass is 16.5. The molecule has 26 heavy (non-hydrogen) atoms. The third-order valence-electron chi connectivity index (χ3n) is 4.15. The summed E-state index contributed by atoms with van der Waals surface area (Å²) in [4.78, 5) is 24.7. The molecule has 2 aromatic rings. The summed E-state index contributed by atoms with van der Waals surface area (Å²) in [5, 5.41) is 0. The van der Waals surface area contributed by atoms with Crippen LogP contribution in [0.3, 0.4) is 0 Å². The van der Waals surface area contributed by atoms with E-state index in [0.29, 0.717) is 28.9 Å². The van der Waals surface area contributed by atoms with E-state index in [2.05, 4.69) is 0 Å². The Hall–Kier alpha value is -3.22. The molecule has 0 saturated heterocycles. The second-order valence-electron chi connectivity index (χ2n) is 5.41. The van der Waals surface area contributed by atoms with Crippen molar-refractivity contribution in [3.8, 4) is 23.0 Å². The van der Waals surface area contributed by atoms with Crippen LogP contribution in [-0.2, 0) is 0 Å². The van der Waals surface area contributed by atoms with Crippen LogP contribution in [0.15, 0.2) is 18.2 Å². The second-order valence-corrected chi connectivity index (χ2v) is 5.41. The quantitative estimate of drug-likeness (QED) is 0.461. The SMILES string of the molecule is COc1ccc(C(=O)c2c(C)c(C=O)c(N)c(OC)c2OC)cc1OC. The Kier molecular flexibility index (Phi) is 5.71. The minimum Gasteiger partial charge on any atom is -0.493 e. The third-order valence-corrected chi connectivity index (χ3v) is 4.15. The van der Waals surface area contributed by atoms with Gasteiger partial charge >= 0.3 is 0 Å². The number of benzene rings is 2. The van der Waals surface area contributed by atoms with Crippen molar-refractivity contribution in [1.82, 2.24) is 0 Å². The molecule has 0 fully saturated rings. The van der Waals surface area contributed by atoms with E-state index in [4.69, 9.17) is 24.7 Å². The van der Waals surface area contributed by atoms with Crippen LogP contribution in [0.2, 0.25) is 0 Å². The smallest absolute Gasteiger partial charge is 0.197 e. The molecular weight excluding hydrogens is 338 g/mol. The van der Waals surface area contributed by atoms with Crippen LogP contribution >= 0.6 is 0 Å². The Morgan fingerprint density at radius 3 is 2.08 bits per heavy atom. The van der Waals surface area contributed by atoms with Gasteiger partial charge in [-0.3, -0.25) is 9.59 Å². The first kappa shape index (κ1) is 19.1. The Morgan fingerprint density at radius 2 is 1.58 bits per heavy atom. The minimum atomic E-state index is -0.360. The van der Waals surface area contributed by atoms with Crippen molar-refractivity contribution in [3.63, 3.8) is 0 Å². The highest BCUT2D eigenvalue weighted by Crippen LogP contribution is 2.42. The van der Waals surface area contributed by atoms with Gasteiger partial charge in [-0.05, 0) is 30.7 Å². The Labute approximate surface area is 151 Å². The topological polar surface area (TPSA) is 97.1 Å². The van der Waals surface area contributed by atoms with E-state index < -0.39 is 0 Å². The molecule has 0 aliphatic rings. The van der Waals surface area contributed by atoms with Gasteiger partial charge in [0.2, 0.25) is 0 Å². The molecule has 2 aromatic carbocycles. The van der Waals surface area contributed by atoms with Crippen molar-refractivity contribution in [2.45, 2.75) is 6.92 Å². The standard InChI is InChI=1S/C19H21NO6/c1-10-12(9-21)16(20)19(26-5)18(25-4)15(10)17(22)11-6-7-13(23-2)14(8-11)24-3/h6-9H,20H2,1-5H3. The van der Waals surface area contributed by atoms with Crippen LogP contribution in [0.1, 0.15) is 31.8 Å². The average Bonchev–Trinajstić information content (AvgIpc) is 2.66. The molecule has 2 N–H and O–H groups in total. The summed E-state index contributed by atoms with van der Waals surface area (Å²) in [6.45, 7) is 1.63. The lowest BCUT2D eigenvalue weighted by Gasteiger charge is -2.19. The summed E-state index contributed by atoms with van der Waals surface area (Å²) >= 11 is 0. The van der Waals surface area contributed by atoms with E-state index in [9.17, 15) is 9.59 Å². The Morgan fingerprint density at radius 1 is 0.962 bits per heavy atom. The van der Waals surface area contributed by atoms with Crippen molar-refractivity contribution < 1.29 is 28.5 Å². The Balaban J connectivity index is 2.75. The minimum absolute atomic E-state index is 0.126. The number of rotatable bonds is 7. The van der Waals surface area contributed by atoms with Crippen molar-refractivity contribution in [2.75, 3.05) is 34.2 Å². The lowest BCUT2D eigenvalue weighted by Crippen LogP contribution is -2.12. The first-order valence-corrected chi connectivity index (χ1v) is 7.70. The van der Waals surface area contributed by atoms with Gasteiger partial charge in [0.1, 0.15) is 0 Å². The van der Waals surface area contributed by atoms with Gasteiger partial charge in [-0.15, -0.1) is 0 Å². The fraction of sp³-hybridized carbons (Fsp3) is 0.263. The highest BCUT2D eigenvalue weighted by Gasteiger charge is 2.27. The third kappa shape index (κ3) is 3.03. The maximum Gasteiger partial charge on any atom is 0.197 e. The van der Waals surface area contributed by atoms with Gasteiger partial charge in [-0.25, -0.2) is 0 Å². The van der Waals surface area contributed by atoms with Crippen LogP contribution in [0, 0.1) is 6.92 Å². The van der Waals surface area contributed by atoms with Crippen LogP contribution in [0.5, 0.6) is 23.0 Å². The summed E-state index contributed by atoms with van der Waals surface area (Å²) in [7, 11) is 5.79. The number of hydrogen-bond acceptors (Lipinski definition) is 7. The summed E-state index contributed by atoms with van der Waals surface area (Å²) < 4.78 is 21.1. The molecule has 2 rings (SSSR count). The van der Waals surface area contributed by atoms with Gasteiger partial charge < -0.3 is 24.7 Å². The van der Waals surface area contributed by atoms with Gasteiger partial charge in [0.15, 0.2) is 35.1 Å². The Bertz CT molecular complexity index is 860. The summed E-state index contributed by atoms with van der Waals surface area (Å²) in [5.74, 6) is 0.864. The molecule has 0 unspecified atom stereocenters. The van der Waals surface area contributed by atoms with Gasteiger partial charge in [-0.1, -0.05) is 0 Å². The number of ether oxygens (including phenoxy) is 4. The first-order valence-electron chi connectivity index (χ1n) is 7.70. The van der Waals surface area contributed by atoms with Crippen molar-refractivity contribution >= 4 is 17.8 Å². The number of methoxy groups -OCH3 is 4. The number of aldehydes is 1. The number of carbonyl (C=O) groups excluding carboxylic acids is 2. The largest absolute Gasteiger partial charge is 0.493 e. The molecule has 0 aliphatic heterocycles. The molecule has 7 nitrogen and oxygen atoms in total. The molecule has 0 saturated carbocycles. The van der Waals surface area contributed by atoms with Gasteiger partial charge in [0.05, 0.1) is 39.7 Å². The summed E-state index contributed by atoms with van der Waals surface area (Å²) in [6, 6.07) is 4.79. The lowest BCUT2D eigenvalue weighted by atomic mass is 9.93. The molecule has 0 aromatic heterocycles. The highest BCUT2D eigenvalue weighted by molar-refractivity contribution is 6.14. The van der Waals surface area contributed by atoms with E-state index in [-0.39, 0.29) is 34.1 Å². The van der Waals surface area contributed by atoms with Crippen LogP contribution in [0.25, 0.3) is 0 Å². The number of carbonyl (C=O) groups is 2. The number of ketones is 1. The first-order chi connectivity index (χ1) is 12.4. The molecule has 0 spiro atoms. The summed E-state index contributed by atoms with van der Waals surface area (Å²) in [6.07, 6.45) is 0.595. The predicted molar refractivity (Wildman–Crippen MR) is 97.1 cm³/mol. The van der Waals surface area contributed by atoms with E-state index in [1.807, 2.05) is 0 Å². The molecule has 7 heteroatoms.